The maximum atomic E-state index is 11.0. The summed E-state index contributed by atoms with van der Waals surface area (Å²) in [5.41, 5.74) is 10.0. The third-order valence-electron chi connectivity index (χ3n) is 1.47. The van der Waals surface area contributed by atoms with Crippen LogP contribution in [0.2, 0.25) is 0 Å². The van der Waals surface area contributed by atoms with Gasteiger partial charge in [0.2, 0.25) is 5.91 Å². The zero-order valence-corrected chi connectivity index (χ0v) is 7.67. The molecule has 6 N–H and O–H groups in total. The summed E-state index contributed by atoms with van der Waals surface area (Å²) in [6.45, 7) is 2.86. The third kappa shape index (κ3) is 6.06. The lowest BCUT2D eigenvalue weighted by molar-refractivity contribution is -0.121. The fourth-order valence-electron chi connectivity index (χ4n) is 0.743. The standard InChI is InChI=1S/C7H16N4O2/c1-5(10-4-2-3-8)6(12)11-7(9)13/h5,10H,2-4,8H2,1H3,(H3,9,11,12,13). The number of rotatable bonds is 5. The van der Waals surface area contributed by atoms with Crippen molar-refractivity contribution >= 4 is 11.9 Å². The molecule has 0 spiro atoms. The minimum absolute atomic E-state index is 0.426. The van der Waals surface area contributed by atoms with Crippen molar-refractivity contribution < 1.29 is 9.59 Å². The molecular weight excluding hydrogens is 172 g/mol. The van der Waals surface area contributed by atoms with Crippen LogP contribution in [0.15, 0.2) is 0 Å². The Labute approximate surface area is 77.0 Å². The Morgan fingerprint density at radius 2 is 2.08 bits per heavy atom. The number of carbonyl (C=O) groups excluding carboxylic acids is 2. The van der Waals surface area contributed by atoms with Gasteiger partial charge in [-0.15, -0.1) is 0 Å². The Hall–Kier alpha value is -1.14. The molecule has 13 heavy (non-hydrogen) atoms. The van der Waals surface area contributed by atoms with E-state index >= 15 is 0 Å². The minimum atomic E-state index is -0.836. The quantitative estimate of drug-likeness (QED) is 0.394. The molecule has 0 aromatic rings. The fraction of sp³-hybridized carbons (Fsp3) is 0.714. The van der Waals surface area contributed by atoms with E-state index in [2.05, 4.69) is 5.32 Å². The highest BCUT2D eigenvalue weighted by Crippen LogP contribution is 1.82. The zero-order chi connectivity index (χ0) is 10.3. The monoisotopic (exact) mass is 188 g/mol. The topological polar surface area (TPSA) is 110 Å². The summed E-state index contributed by atoms with van der Waals surface area (Å²) in [7, 11) is 0. The molecule has 0 aliphatic heterocycles. The second kappa shape index (κ2) is 6.38. The zero-order valence-electron chi connectivity index (χ0n) is 7.67. The van der Waals surface area contributed by atoms with Crippen LogP contribution < -0.4 is 22.1 Å². The number of primary amides is 1. The lowest BCUT2D eigenvalue weighted by atomic mass is 10.3. The summed E-state index contributed by atoms with van der Waals surface area (Å²) in [4.78, 5) is 21.3. The van der Waals surface area contributed by atoms with Crippen molar-refractivity contribution in [3.05, 3.63) is 0 Å². The van der Waals surface area contributed by atoms with E-state index in [1.165, 1.54) is 0 Å². The van der Waals surface area contributed by atoms with Crippen molar-refractivity contribution in [1.82, 2.24) is 10.6 Å². The van der Waals surface area contributed by atoms with Crippen LogP contribution in [0.1, 0.15) is 13.3 Å². The van der Waals surface area contributed by atoms with Gasteiger partial charge in [-0.25, -0.2) is 4.79 Å². The summed E-state index contributed by atoms with van der Waals surface area (Å²) < 4.78 is 0. The van der Waals surface area contributed by atoms with Gasteiger partial charge >= 0.3 is 6.03 Å². The van der Waals surface area contributed by atoms with E-state index in [-0.39, 0.29) is 0 Å². The minimum Gasteiger partial charge on any atom is -0.351 e. The van der Waals surface area contributed by atoms with E-state index < -0.39 is 18.0 Å². The van der Waals surface area contributed by atoms with Crippen LogP contribution in [0.3, 0.4) is 0 Å². The van der Waals surface area contributed by atoms with Crippen molar-refractivity contribution in [2.75, 3.05) is 13.1 Å². The van der Waals surface area contributed by atoms with Gasteiger partial charge < -0.3 is 16.8 Å². The molecule has 1 atom stereocenters. The van der Waals surface area contributed by atoms with E-state index in [1.54, 1.807) is 6.92 Å². The van der Waals surface area contributed by atoms with E-state index in [4.69, 9.17) is 11.5 Å². The van der Waals surface area contributed by atoms with Crippen LogP contribution in [-0.2, 0) is 4.79 Å². The van der Waals surface area contributed by atoms with Gasteiger partial charge in [0.05, 0.1) is 6.04 Å². The fourth-order valence-corrected chi connectivity index (χ4v) is 0.743. The van der Waals surface area contributed by atoms with E-state index in [1.807, 2.05) is 5.32 Å². The van der Waals surface area contributed by atoms with Gasteiger partial charge in [0.1, 0.15) is 0 Å². The summed E-state index contributed by atoms with van der Waals surface area (Å²) >= 11 is 0. The lowest BCUT2D eigenvalue weighted by Crippen LogP contribution is -2.46. The molecule has 1 unspecified atom stereocenters. The predicted octanol–water partition coefficient (Wildman–Crippen LogP) is -1.49. The molecule has 0 fully saturated rings. The van der Waals surface area contributed by atoms with Crippen molar-refractivity contribution in [3.8, 4) is 0 Å². The summed E-state index contributed by atoms with van der Waals surface area (Å²) in [6, 6.07) is -1.27. The number of imide groups is 1. The van der Waals surface area contributed by atoms with Gasteiger partial charge in [-0.3, -0.25) is 10.1 Å². The first kappa shape index (κ1) is 11.9. The van der Waals surface area contributed by atoms with Crippen LogP contribution in [-0.4, -0.2) is 31.1 Å². The highest BCUT2D eigenvalue weighted by atomic mass is 16.2. The second-order valence-electron chi connectivity index (χ2n) is 2.67. The van der Waals surface area contributed by atoms with Gasteiger partial charge in [0.25, 0.3) is 0 Å². The van der Waals surface area contributed by atoms with Crippen LogP contribution in [0.5, 0.6) is 0 Å². The molecule has 3 amide bonds. The van der Waals surface area contributed by atoms with E-state index in [0.29, 0.717) is 13.1 Å². The average Bonchev–Trinajstić information content (AvgIpc) is 2.03. The SMILES string of the molecule is CC(NCCCN)C(=O)NC(N)=O. The molecule has 0 saturated carbocycles. The van der Waals surface area contributed by atoms with Crippen LogP contribution in [0, 0.1) is 0 Å². The van der Waals surface area contributed by atoms with Gasteiger partial charge in [0, 0.05) is 0 Å². The predicted molar refractivity (Wildman–Crippen MR) is 48.9 cm³/mol. The average molecular weight is 188 g/mol. The smallest absolute Gasteiger partial charge is 0.318 e. The molecule has 0 aromatic heterocycles. The molecule has 0 saturated heterocycles. The summed E-state index contributed by atoms with van der Waals surface area (Å²) in [6.07, 6.45) is 0.786. The molecule has 0 rings (SSSR count). The molecule has 0 aromatic carbocycles. The summed E-state index contributed by atoms with van der Waals surface area (Å²) in [5, 5.41) is 4.86. The normalized spacial score (nSPS) is 12.2. The first-order chi connectivity index (χ1) is 6.07. The molecule has 0 radical (unpaired) electrons. The first-order valence-corrected chi connectivity index (χ1v) is 4.11. The van der Waals surface area contributed by atoms with Gasteiger partial charge in [-0.1, -0.05) is 0 Å². The highest BCUT2D eigenvalue weighted by molar-refractivity contribution is 5.96. The van der Waals surface area contributed by atoms with Crippen LogP contribution >= 0.6 is 0 Å². The number of urea groups is 1. The van der Waals surface area contributed by atoms with Gasteiger partial charge in [0.15, 0.2) is 0 Å². The highest BCUT2D eigenvalue weighted by Gasteiger charge is 2.12. The summed E-state index contributed by atoms with van der Waals surface area (Å²) in [5.74, 6) is -0.426. The van der Waals surface area contributed by atoms with Crippen LogP contribution in [0.4, 0.5) is 4.79 Å². The molecule has 6 nitrogen and oxygen atoms in total. The molecule has 0 aliphatic carbocycles. The van der Waals surface area contributed by atoms with Gasteiger partial charge in [-0.05, 0) is 26.4 Å². The molecule has 0 heterocycles. The Morgan fingerprint density at radius 1 is 1.46 bits per heavy atom. The lowest BCUT2D eigenvalue weighted by Gasteiger charge is -2.11. The molecule has 6 heteroatoms. The maximum absolute atomic E-state index is 11.0. The first-order valence-electron chi connectivity index (χ1n) is 4.11. The van der Waals surface area contributed by atoms with Crippen molar-refractivity contribution in [2.24, 2.45) is 11.5 Å². The maximum Gasteiger partial charge on any atom is 0.318 e. The number of hydrogen-bond acceptors (Lipinski definition) is 4. The van der Waals surface area contributed by atoms with E-state index in [9.17, 15) is 9.59 Å². The molecule has 0 bridgehead atoms. The Balaban J connectivity index is 3.63. The third-order valence-corrected chi connectivity index (χ3v) is 1.47. The number of nitrogens with one attached hydrogen (secondary N) is 2. The molecule has 0 aliphatic rings. The van der Waals surface area contributed by atoms with Crippen molar-refractivity contribution in [2.45, 2.75) is 19.4 Å². The number of nitrogens with two attached hydrogens (primary N) is 2. The number of carbonyl (C=O) groups is 2. The van der Waals surface area contributed by atoms with Crippen molar-refractivity contribution in [1.29, 1.82) is 0 Å². The van der Waals surface area contributed by atoms with Gasteiger partial charge in [-0.2, -0.15) is 0 Å². The van der Waals surface area contributed by atoms with Crippen LogP contribution in [0.25, 0.3) is 0 Å². The molecular formula is C7H16N4O2. The number of hydrogen-bond donors (Lipinski definition) is 4. The molecule has 76 valence electrons. The Morgan fingerprint density at radius 3 is 2.54 bits per heavy atom. The van der Waals surface area contributed by atoms with Crippen molar-refractivity contribution in [3.63, 3.8) is 0 Å². The Kier molecular flexibility index (Phi) is 5.82. The second-order valence-corrected chi connectivity index (χ2v) is 2.67. The largest absolute Gasteiger partial charge is 0.351 e. The van der Waals surface area contributed by atoms with E-state index in [0.717, 1.165) is 6.42 Å². The Bertz CT molecular complexity index is 183. The number of amides is 3.